The highest BCUT2D eigenvalue weighted by molar-refractivity contribution is 7.98. The van der Waals surface area contributed by atoms with Gasteiger partial charge in [-0.2, -0.15) is 11.8 Å². The fourth-order valence-corrected chi connectivity index (χ4v) is 2.19. The molecule has 1 aromatic rings. The Hall–Kier alpha value is -0.870. The molecule has 0 saturated heterocycles. The molecule has 0 aliphatic rings. The van der Waals surface area contributed by atoms with E-state index in [0.29, 0.717) is 24.9 Å². The number of rotatable bonds is 7. The minimum absolute atomic E-state index is 0.248. The van der Waals surface area contributed by atoms with Gasteiger partial charge in [-0.15, -0.1) is 0 Å². The summed E-state index contributed by atoms with van der Waals surface area (Å²) in [5.74, 6) is 1.87. The number of nitrogens with one attached hydrogen (secondary N) is 1. The molecule has 96 valence electrons. The normalized spacial score (nSPS) is 12.4. The van der Waals surface area contributed by atoms with E-state index in [1.54, 1.807) is 6.07 Å². The van der Waals surface area contributed by atoms with Gasteiger partial charge in [0.25, 0.3) is 0 Å². The summed E-state index contributed by atoms with van der Waals surface area (Å²) in [5, 5.41) is 13.4. The number of ether oxygens (including phenoxy) is 1. The van der Waals surface area contributed by atoms with Crippen LogP contribution in [0.1, 0.15) is 19.4 Å². The van der Waals surface area contributed by atoms with Crippen LogP contribution in [-0.4, -0.2) is 29.8 Å². The zero-order valence-corrected chi connectivity index (χ0v) is 11.5. The molecule has 0 saturated carbocycles. The number of phenolic OH excluding ortho intramolecular Hbond substituents is 1. The van der Waals surface area contributed by atoms with E-state index < -0.39 is 0 Å². The highest BCUT2D eigenvalue weighted by atomic mass is 32.2. The largest absolute Gasteiger partial charge is 0.504 e. The summed E-state index contributed by atoms with van der Waals surface area (Å²) < 4.78 is 5.35. The van der Waals surface area contributed by atoms with E-state index in [1.807, 2.05) is 30.8 Å². The molecule has 17 heavy (non-hydrogen) atoms. The number of benzene rings is 1. The van der Waals surface area contributed by atoms with Gasteiger partial charge in [-0.25, -0.2) is 0 Å². The lowest BCUT2D eigenvalue weighted by molar-refractivity contribution is 0.316. The van der Waals surface area contributed by atoms with Crippen LogP contribution in [0.4, 0.5) is 0 Å². The van der Waals surface area contributed by atoms with Gasteiger partial charge in [-0.3, -0.25) is 0 Å². The lowest BCUT2D eigenvalue weighted by atomic mass is 10.1. The molecule has 0 fully saturated rings. The second-order valence-electron chi connectivity index (χ2n) is 3.93. The van der Waals surface area contributed by atoms with Gasteiger partial charge in [-0.05, 0) is 26.2 Å². The van der Waals surface area contributed by atoms with E-state index in [1.165, 1.54) is 0 Å². The lowest BCUT2D eigenvalue weighted by Gasteiger charge is -2.14. The predicted octanol–water partition coefficient (Wildman–Crippen LogP) is 2.63. The molecule has 3 nitrogen and oxygen atoms in total. The second-order valence-corrected chi connectivity index (χ2v) is 4.84. The van der Waals surface area contributed by atoms with Crippen LogP contribution in [0, 0.1) is 0 Å². The average Bonchev–Trinajstić information content (AvgIpc) is 2.31. The first-order chi connectivity index (χ1) is 8.19. The fourth-order valence-electron chi connectivity index (χ4n) is 1.58. The molecule has 0 aliphatic carbocycles. The number of hydrogen-bond donors (Lipinski definition) is 2. The quantitative estimate of drug-likeness (QED) is 0.786. The highest BCUT2D eigenvalue weighted by Gasteiger charge is 2.08. The van der Waals surface area contributed by atoms with Crippen molar-refractivity contribution >= 4 is 11.8 Å². The molecule has 0 aliphatic heterocycles. The molecule has 1 unspecified atom stereocenters. The predicted molar refractivity (Wildman–Crippen MR) is 74.0 cm³/mol. The average molecular weight is 255 g/mol. The van der Waals surface area contributed by atoms with Crippen LogP contribution in [0.25, 0.3) is 0 Å². The van der Waals surface area contributed by atoms with Crippen LogP contribution in [0.3, 0.4) is 0 Å². The Morgan fingerprint density at radius 3 is 2.88 bits per heavy atom. The van der Waals surface area contributed by atoms with Crippen LogP contribution in [0.15, 0.2) is 18.2 Å². The second kappa shape index (κ2) is 7.45. The third kappa shape index (κ3) is 4.48. The number of aromatic hydroxyl groups is 1. The van der Waals surface area contributed by atoms with Crippen LogP contribution in [0.2, 0.25) is 0 Å². The minimum Gasteiger partial charge on any atom is -0.504 e. The Balaban J connectivity index is 2.61. The molecule has 1 aromatic carbocycles. The van der Waals surface area contributed by atoms with Crippen molar-refractivity contribution in [2.24, 2.45) is 0 Å². The Kier molecular flexibility index (Phi) is 6.22. The Labute approximate surface area is 108 Å². The minimum atomic E-state index is 0.248. The molecular formula is C13H21NO2S. The van der Waals surface area contributed by atoms with Gasteiger partial charge in [0.15, 0.2) is 11.5 Å². The molecule has 0 amide bonds. The molecule has 1 atom stereocenters. The van der Waals surface area contributed by atoms with Crippen LogP contribution >= 0.6 is 11.8 Å². The van der Waals surface area contributed by atoms with Gasteiger partial charge in [0.1, 0.15) is 0 Å². The van der Waals surface area contributed by atoms with E-state index >= 15 is 0 Å². The van der Waals surface area contributed by atoms with E-state index in [2.05, 4.69) is 18.5 Å². The number of para-hydroxylation sites is 1. The smallest absolute Gasteiger partial charge is 0.162 e. The van der Waals surface area contributed by atoms with Crippen molar-refractivity contribution in [2.45, 2.75) is 26.4 Å². The summed E-state index contributed by atoms with van der Waals surface area (Å²) in [7, 11) is 0. The molecule has 0 radical (unpaired) electrons. The van der Waals surface area contributed by atoms with Gasteiger partial charge in [0, 0.05) is 23.9 Å². The van der Waals surface area contributed by atoms with Crippen molar-refractivity contribution in [1.29, 1.82) is 0 Å². The van der Waals surface area contributed by atoms with Crippen molar-refractivity contribution in [2.75, 3.05) is 18.6 Å². The van der Waals surface area contributed by atoms with E-state index in [4.69, 9.17) is 4.74 Å². The first-order valence-corrected chi connectivity index (χ1v) is 7.24. The summed E-state index contributed by atoms with van der Waals surface area (Å²) in [5.41, 5.74) is 0.879. The maximum atomic E-state index is 9.99. The summed E-state index contributed by atoms with van der Waals surface area (Å²) in [4.78, 5) is 0. The Morgan fingerprint density at radius 2 is 2.24 bits per heavy atom. The molecular weight excluding hydrogens is 234 g/mol. The van der Waals surface area contributed by atoms with Gasteiger partial charge in [0.2, 0.25) is 0 Å². The SMILES string of the molecule is CCOc1cccc(CNC(C)CSC)c1O. The highest BCUT2D eigenvalue weighted by Crippen LogP contribution is 2.29. The third-order valence-corrected chi connectivity index (χ3v) is 3.27. The number of thioether (sulfide) groups is 1. The summed E-state index contributed by atoms with van der Waals surface area (Å²) in [6.07, 6.45) is 2.09. The van der Waals surface area contributed by atoms with E-state index in [0.717, 1.165) is 11.3 Å². The monoisotopic (exact) mass is 255 g/mol. The Morgan fingerprint density at radius 1 is 1.47 bits per heavy atom. The molecule has 0 aromatic heterocycles. The van der Waals surface area contributed by atoms with Crippen molar-refractivity contribution in [3.8, 4) is 11.5 Å². The number of hydrogen-bond acceptors (Lipinski definition) is 4. The first-order valence-electron chi connectivity index (χ1n) is 5.85. The standard InChI is InChI=1S/C13H21NO2S/c1-4-16-12-7-5-6-11(13(12)15)8-14-10(2)9-17-3/h5-7,10,14-15H,4,8-9H2,1-3H3. The molecule has 1 rings (SSSR count). The van der Waals surface area contributed by atoms with E-state index in [9.17, 15) is 5.11 Å². The zero-order valence-electron chi connectivity index (χ0n) is 10.7. The lowest BCUT2D eigenvalue weighted by Crippen LogP contribution is -2.27. The van der Waals surface area contributed by atoms with Gasteiger partial charge >= 0.3 is 0 Å². The van der Waals surface area contributed by atoms with Crippen LogP contribution in [-0.2, 0) is 6.54 Å². The van der Waals surface area contributed by atoms with Crippen molar-refractivity contribution in [3.63, 3.8) is 0 Å². The summed E-state index contributed by atoms with van der Waals surface area (Å²) in [6.45, 7) is 5.27. The maximum Gasteiger partial charge on any atom is 0.162 e. The summed E-state index contributed by atoms with van der Waals surface area (Å²) in [6, 6.07) is 6.03. The van der Waals surface area contributed by atoms with Crippen molar-refractivity contribution in [1.82, 2.24) is 5.32 Å². The summed E-state index contributed by atoms with van der Waals surface area (Å²) >= 11 is 1.81. The van der Waals surface area contributed by atoms with Gasteiger partial charge in [0.05, 0.1) is 6.61 Å². The van der Waals surface area contributed by atoms with Crippen molar-refractivity contribution < 1.29 is 9.84 Å². The van der Waals surface area contributed by atoms with E-state index in [-0.39, 0.29) is 5.75 Å². The van der Waals surface area contributed by atoms with Crippen LogP contribution < -0.4 is 10.1 Å². The maximum absolute atomic E-state index is 9.99. The molecule has 2 N–H and O–H groups in total. The van der Waals surface area contributed by atoms with Gasteiger partial charge < -0.3 is 15.2 Å². The zero-order chi connectivity index (χ0) is 12.7. The molecule has 0 bridgehead atoms. The Bertz CT molecular complexity index is 344. The van der Waals surface area contributed by atoms with Crippen LogP contribution in [0.5, 0.6) is 11.5 Å². The van der Waals surface area contributed by atoms with Crippen molar-refractivity contribution in [3.05, 3.63) is 23.8 Å². The first kappa shape index (κ1) is 14.2. The topological polar surface area (TPSA) is 41.5 Å². The molecule has 0 heterocycles. The third-order valence-electron chi connectivity index (χ3n) is 2.44. The fraction of sp³-hybridized carbons (Fsp3) is 0.538. The number of phenols is 1. The molecule has 4 heteroatoms. The molecule has 0 spiro atoms. The van der Waals surface area contributed by atoms with Gasteiger partial charge in [-0.1, -0.05) is 12.1 Å².